The first-order valence-electron chi connectivity index (χ1n) is 15.6. The molecule has 0 spiro atoms. The van der Waals surface area contributed by atoms with Crippen molar-refractivity contribution in [3.63, 3.8) is 0 Å². The Labute approximate surface area is 316 Å². The molecular weight excluding hydrogens is 719 g/mol. The summed E-state index contributed by atoms with van der Waals surface area (Å²) in [5.74, 6) is 2.59. The molecule has 4 aromatic carbocycles. The van der Waals surface area contributed by atoms with E-state index in [-0.39, 0.29) is 75.8 Å². The van der Waals surface area contributed by atoms with Crippen molar-refractivity contribution >= 4 is 24.8 Å². The molecule has 0 aliphatic carbocycles. The number of rotatable bonds is 2. The highest BCUT2D eigenvalue weighted by Crippen LogP contribution is 2.50. The second kappa shape index (κ2) is 18.6. The minimum absolute atomic E-state index is 0. The molecular formula is C37H52Cl2N2O11. The Balaban J connectivity index is 0.00000372. The van der Waals surface area contributed by atoms with Gasteiger partial charge in [-0.3, -0.25) is 4.90 Å². The average Bonchev–Trinajstić information content (AvgIpc) is 3.03. The van der Waals surface area contributed by atoms with Crippen molar-refractivity contribution < 1.29 is 61.0 Å². The van der Waals surface area contributed by atoms with Crippen molar-refractivity contribution in [1.82, 2.24) is 4.90 Å². The monoisotopic (exact) mass is 770 g/mol. The fraction of sp³-hybridized carbons (Fsp3) is 0.351. The number of halogens is 2. The summed E-state index contributed by atoms with van der Waals surface area (Å²) < 4.78 is 25.0. The molecule has 13 nitrogen and oxygen atoms in total. The van der Waals surface area contributed by atoms with Gasteiger partial charge in [-0.25, -0.2) is 0 Å². The lowest BCUT2D eigenvalue weighted by Crippen LogP contribution is -2.48. The molecule has 6 bridgehead atoms. The third kappa shape index (κ3) is 8.60. The van der Waals surface area contributed by atoms with Crippen molar-refractivity contribution in [2.24, 2.45) is 0 Å². The maximum absolute atomic E-state index is 13.8. The van der Waals surface area contributed by atoms with Crippen molar-refractivity contribution in [3.8, 4) is 46.0 Å². The maximum atomic E-state index is 13.8. The number of hydrogen-bond donors (Lipinski definition) is 1. The maximum Gasteiger partial charge on any atom is 0.169 e. The van der Waals surface area contributed by atoms with Gasteiger partial charge >= 0.3 is 0 Å². The number of aromatic hydroxyl groups is 1. The van der Waals surface area contributed by atoms with Gasteiger partial charge < -0.3 is 61.0 Å². The Kier molecular flexibility index (Phi) is 17.2. The zero-order valence-corrected chi connectivity index (χ0v) is 31.5. The first kappa shape index (κ1) is 48.0. The van der Waals surface area contributed by atoms with Gasteiger partial charge in [0.25, 0.3) is 0 Å². The van der Waals surface area contributed by atoms with Gasteiger partial charge in [0.05, 0.1) is 40.4 Å². The molecule has 52 heavy (non-hydrogen) atoms. The average molecular weight is 772 g/mol. The summed E-state index contributed by atoms with van der Waals surface area (Å²) in [5, 5.41) is 24.8. The molecule has 0 saturated carbocycles. The number of likely N-dealkylation sites (N-methyl/N-ethyl adjacent to an activating group) is 2. The van der Waals surface area contributed by atoms with E-state index in [1.165, 1.54) is 18.2 Å². The van der Waals surface area contributed by atoms with Crippen LogP contribution in [0.1, 0.15) is 45.5 Å². The molecule has 0 unspecified atom stereocenters. The van der Waals surface area contributed by atoms with Crippen LogP contribution in [-0.2, 0) is 25.7 Å². The second-order valence-electron chi connectivity index (χ2n) is 13.1. The van der Waals surface area contributed by atoms with Crippen LogP contribution in [0.3, 0.4) is 0 Å². The summed E-state index contributed by atoms with van der Waals surface area (Å²) in [6, 6.07) is 19.6. The first-order chi connectivity index (χ1) is 21.6. The lowest BCUT2D eigenvalue weighted by Gasteiger charge is -2.44. The SMILES string of the molecule is COc1cc2c3cc1Oc1cc(ccc1O)C[C@@H]1c4c(cc(OC)c([O-])c4Oc4ccc(cc4)C[C@@H]3N(C)CC2)CC[N+]1(C)C.Cl.Cl.O.O.O.O.O. The molecule has 11 N–H and O–H groups in total. The van der Waals surface area contributed by atoms with Crippen LogP contribution in [0, 0.1) is 0 Å². The predicted molar refractivity (Wildman–Crippen MR) is 203 cm³/mol. The van der Waals surface area contributed by atoms with E-state index in [1.807, 2.05) is 30.3 Å². The summed E-state index contributed by atoms with van der Waals surface area (Å²) >= 11 is 0. The fourth-order valence-corrected chi connectivity index (χ4v) is 7.25. The minimum atomic E-state index is -0.252. The Morgan fingerprint density at radius 3 is 2.06 bits per heavy atom. The molecule has 4 aliphatic heterocycles. The van der Waals surface area contributed by atoms with E-state index in [2.05, 4.69) is 50.3 Å². The molecule has 4 aliphatic rings. The van der Waals surface area contributed by atoms with E-state index in [0.29, 0.717) is 45.4 Å². The standard InChI is InChI=1S/C37H40N2O6.2ClH.5H2O/c1-38-14-12-24-19-32(42-4)33-21-27(24)28(38)16-22-6-9-26(10-7-22)44-37-35-25(20-34(43-5)36(37)41)13-15-39(2,3)29(35)17-23-8-11-30(40)31(18-23)45-33;;;;;;;/h6-11,18-21,28-29H,12-17H2,1-5H3,(H-,40,41);2*1H;5*1H2/t28-,29+;;;;;;;/m0......./s1. The van der Waals surface area contributed by atoms with Crippen LogP contribution < -0.4 is 24.1 Å². The largest absolute Gasteiger partial charge is 0.867 e. The number of hydrogen-bond acceptors (Lipinski definition) is 7. The number of ether oxygens (including phenoxy) is 4. The summed E-state index contributed by atoms with van der Waals surface area (Å²) in [6.45, 7) is 1.81. The van der Waals surface area contributed by atoms with Crippen molar-refractivity contribution in [2.75, 3.05) is 48.5 Å². The zero-order chi connectivity index (χ0) is 31.5. The molecule has 8 rings (SSSR count). The van der Waals surface area contributed by atoms with E-state index in [1.54, 1.807) is 13.2 Å². The number of quaternary nitrogens is 1. The Hall–Kier alpha value is -4.02. The predicted octanol–water partition coefficient (Wildman–Crippen LogP) is 2.79. The lowest BCUT2D eigenvalue weighted by molar-refractivity contribution is -0.923. The van der Waals surface area contributed by atoms with Gasteiger partial charge in [0, 0.05) is 25.4 Å². The first-order valence-corrected chi connectivity index (χ1v) is 15.6. The number of nitrogens with zero attached hydrogens (tertiary/aromatic N) is 2. The molecule has 4 aromatic rings. The van der Waals surface area contributed by atoms with Crippen molar-refractivity contribution in [3.05, 3.63) is 94.0 Å². The van der Waals surface area contributed by atoms with Crippen molar-refractivity contribution in [2.45, 2.75) is 37.8 Å². The van der Waals surface area contributed by atoms with Crippen LogP contribution in [-0.4, -0.2) is 90.3 Å². The fourth-order valence-electron chi connectivity index (χ4n) is 7.25. The van der Waals surface area contributed by atoms with Gasteiger partial charge in [-0.2, -0.15) is 0 Å². The van der Waals surface area contributed by atoms with Gasteiger partial charge in [0.15, 0.2) is 23.0 Å². The van der Waals surface area contributed by atoms with Gasteiger partial charge in [-0.15, -0.1) is 24.8 Å². The van der Waals surface area contributed by atoms with E-state index in [9.17, 15) is 10.2 Å². The normalized spacial score (nSPS) is 17.5. The van der Waals surface area contributed by atoms with E-state index in [4.69, 9.17) is 18.9 Å². The molecule has 0 fully saturated rings. The van der Waals surface area contributed by atoms with Crippen LogP contribution in [0.15, 0.2) is 60.7 Å². The second-order valence-corrected chi connectivity index (χ2v) is 13.1. The number of methoxy groups -OCH3 is 2. The lowest BCUT2D eigenvalue weighted by atomic mass is 9.86. The summed E-state index contributed by atoms with van der Waals surface area (Å²) in [7, 11) is 9.71. The topological polar surface area (TPSA) is 241 Å². The smallest absolute Gasteiger partial charge is 0.169 e. The van der Waals surface area contributed by atoms with Crippen LogP contribution in [0.4, 0.5) is 0 Å². The number of phenols is 1. The van der Waals surface area contributed by atoms with Crippen LogP contribution in [0.2, 0.25) is 0 Å². The highest BCUT2D eigenvalue weighted by Gasteiger charge is 2.39. The Bertz CT molecular complexity index is 1790. The van der Waals surface area contributed by atoms with E-state index >= 15 is 0 Å². The highest BCUT2D eigenvalue weighted by atomic mass is 35.5. The Morgan fingerprint density at radius 2 is 1.40 bits per heavy atom. The third-order valence-corrected chi connectivity index (χ3v) is 9.98. The Morgan fingerprint density at radius 1 is 0.769 bits per heavy atom. The minimum Gasteiger partial charge on any atom is -0.867 e. The molecule has 4 heterocycles. The molecule has 0 saturated heterocycles. The third-order valence-electron chi connectivity index (χ3n) is 9.98. The molecule has 0 radical (unpaired) electrons. The van der Waals surface area contributed by atoms with Crippen LogP contribution in [0.25, 0.3) is 0 Å². The van der Waals surface area contributed by atoms with Gasteiger partial charge in [0.1, 0.15) is 23.3 Å². The van der Waals surface area contributed by atoms with E-state index in [0.717, 1.165) is 54.6 Å². The van der Waals surface area contributed by atoms with Gasteiger partial charge in [0.2, 0.25) is 0 Å². The van der Waals surface area contributed by atoms with Gasteiger partial charge in [-0.05, 0) is 95.9 Å². The molecule has 0 aromatic heterocycles. The molecule has 0 amide bonds. The highest BCUT2D eigenvalue weighted by molar-refractivity contribution is 5.85. The quantitative estimate of drug-likeness (QED) is 0.299. The number of fused-ring (bicyclic) bond motifs is 2. The number of benzene rings is 4. The summed E-state index contributed by atoms with van der Waals surface area (Å²) in [4.78, 5) is 2.37. The van der Waals surface area contributed by atoms with Gasteiger partial charge in [-0.1, -0.05) is 18.2 Å². The zero-order valence-electron chi connectivity index (χ0n) is 29.9. The van der Waals surface area contributed by atoms with Crippen LogP contribution in [0.5, 0.6) is 46.0 Å². The molecule has 15 heteroatoms. The number of phenolic OH excluding ortho intramolecular Hbond substituents is 1. The summed E-state index contributed by atoms with van der Waals surface area (Å²) in [6.07, 6.45) is 3.09. The molecule has 290 valence electrons. The van der Waals surface area contributed by atoms with E-state index < -0.39 is 0 Å². The molecule has 2 atom stereocenters. The summed E-state index contributed by atoms with van der Waals surface area (Å²) in [5.41, 5.74) is 6.51. The van der Waals surface area contributed by atoms with Crippen molar-refractivity contribution in [1.29, 1.82) is 0 Å². The van der Waals surface area contributed by atoms with Crippen LogP contribution >= 0.6 is 24.8 Å².